The molecule has 0 spiro atoms. The Morgan fingerprint density at radius 1 is 1.43 bits per heavy atom. The lowest BCUT2D eigenvalue weighted by molar-refractivity contribution is 0.415. The molecule has 1 atom stereocenters. The summed E-state index contributed by atoms with van der Waals surface area (Å²) in [5, 5.41) is 7.23. The van der Waals surface area contributed by atoms with Crippen LogP contribution in [0.4, 0.5) is 5.69 Å². The predicted octanol–water partition coefficient (Wildman–Crippen LogP) is 1.95. The van der Waals surface area contributed by atoms with Gasteiger partial charge in [-0.1, -0.05) is 6.92 Å². The fourth-order valence-electron chi connectivity index (χ4n) is 1.90. The van der Waals surface area contributed by atoms with E-state index >= 15 is 0 Å². The van der Waals surface area contributed by atoms with E-state index in [2.05, 4.69) is 22.3 Å². The molecule has 1 unspecified atom stereocenters. The number of ether oxygens (including phenoxy) is 1. The molecular weight excluding hydrogens is 266 g/mol. The van der Waals surface area contributed by atoms with Crippen LogP contribution in [-0.2, 0) is 6.54 Å². The number of guanidine groups is 1. The zero-order chi connectivity index (χ0) is 15.1. The number of aliphatic imine (C=N–C) groups is 1. The molecule has 0 saturated carbocycles. The van der Waals surface area contributed by atoms with Crippen molar-refractivity contribution in [2.45, 2.75) is 13.5 Å². The lowest BCUT2D eigenvalue weighted by Gasteiger charge is -2.10. The van der Waals surface area contributed by atoms with Gasteiger partial charge in [0, 0.05) is 31.2 Å². The molecular formula is C15H21N5O. The van der Waals surface area contributed by atoms with Crippen LogP contribution >= 0.6 is 0 Å². The molecule has 0 bridgehead atoms. The van der Waals surface area contributed by atoms with Crippen molar-refractivity contribution < 1.29 is 4.74 Å². The van der Waals surface area contributed by atoms with Crippen molar-refractivity contribution >= 4 is 11.6 Å². The average Bonchev–Trinajstić information content (AvgIpc) is 2.99. The number of nitrogens with zero attached hydrogens (tertiary/aromatic N) is 3. The lowest BCUT2D eigenvalue weighted by Crippen LogP contribution is -2.24. The molecule has 1 aromatic heterocycles. The van der Waals surface area contributed by atoms with Gasteiger partial charge in [-0.15, -0.1) is 0 Å². The molecule has 0 aliphatic rings. The number of anilines is 1. The minimum absolute atomic E-state index is 0.362. The third kappa shape index (κ3) is 4.83. The average molecular weight is 287 g/mol. The highest BCUT2D eigenvalue weighted by Crippen LogP contribution is 2.14. The van der Waals surface area contributed by atoms with Crippen LogP contribution in [0.15, 0.2) is 47.7 Å². The number of methoxy groups -OCH3 is 1. The molecule has 2 aromatic rings. The van der Waals surface area contributed by atoms with Gasteiger partial charge in [0.2, 0.25) is 0 Å². The Bertz CT molecular complexity index is 562. The summed E-state index contributed by atoms with van der Waals surface area (Å²) in [7, 11) is 1.64. The first-order valence-electron chi connectivity index (χ1n) is 6.86. The van der Waals surface area contributed by atoms with E-state index in [1.54, 1.807) is 13.3 Å². The maximum absolute atomic E-state index is 5.88. The normalized spacial score (nSPS) is 13.0. The second kappa shape index (κ2) is 7.33. The van der Waals surface area contributed by atoms with Crippen molar-refractivity contribution in [2.75, 3.05) is 19.0 Å². The summed E-state index contributed by atoms with van der Waals surface area (Å²) >= 11 is 0. The first-order valence-corrected chi connectivity index (χ1v) is 6.86. The zero-order valence-corrected chi connectivity index (χ0v) is 12.4. The minimum atomic E-state index is 0.362. The molecule has 1 heterocycles. The van der Waals surface area contributed by atoms with E-state index in [-0.39, 0.29) is 0 Å². The molecule has 6 heteroatoms. The molecule has 0 amide bonds. The summed E-state index contributed by atoms with van der Waals surface area (Å²) in [5.74, 6) is 1.58. The van der Waals surface area contributed by atoms with E-state index < -0.39 is 0 Å². The minimum Gasteiger partial charge on any atom is -0.497 e. The summed E-state index contributed by atoms with van der Waals surface area (Å²) in [6, 6.07) is 9.45. The summed E-state index contributed by atoms with van der Waals surface area (Å²) < 4.78 is 7.00. The lowest BCUT2D eigenvalue weighted by atomic mass is 10.2. The number of benzene rings is 1. The van der Waals surface area contributed by atoms with Crippen LogP contribution in [-0.4, -0.2) is 29.4 Å². The standard InChI is InChI=1S/C15H21N5O/c1-12(11-20-9-3-8-18-20)10-17-15(16)19-13-4-6-14(21-2)7-5-13/h3-9,12H,10-11H2,1-2H3,(H3,16,17,19). The van der Waals surface area contributed by atoms with Crippen LogP contribution in [0, 0.1) is 5.92 Å². The number of nitrogens with one attached hydrogen (secondary N) is 1. The summed E-state index contributed by atoms with van der Waals surface area (Å²) in [5.41, 5.74) is 6.77. The highest BCUT2D eigenvalue weighted by Gasteiger charge is 2.03. The SMILES string of the molecule is COc1ccc(NC(N)=NCC(C)Cn2cccn2)cc1. The van der Waals surface area contributed by atoms with Gasteiger partial charge in [0.1, 0.15) is 5.75 Å². The van der Waals surface area contributed by atoms with Gasteiger partial charge in [-0.3, -0.25) is 9.67 Å². The van der Waals surface area contributed by atoms with Crippen LogP contribution in [0.1, 0.15) is 6.92 Å². The second-order valence-corrected chi connectivity index (χ2v) is 4.91. The molecule has 1 aromatic carbocycles. The largest absolute Gasteiger partial charge is 0.497 e. The molecule has 0 fully saturated rings. The molecule has 6 nitrogen and oxygen atoms in total. The van der Waals surface area contributed by atoms with Crippen molar-refractivity contribution in [3.8, 4) is 5.75 Å². The number of hydrogen-bond donors (Lipinski definition) is 2. The predicted molar refractivity (Wildman–Crippen MR) is 84.5 cm³/mol. The van der Waals surface area contributed by atoms with Crippen LogP contribution in [0.2, 0.25) is 0 Å². The molecule has 112 valence electrons. The van der Waals surface area contributed by atoms with E-state index in [0.29, 0.717) is 18.4 Å². The highest BCUT2D eigenvalue weighted by atomic mass is 16.5. The summed E-state index contributed by atoms with van der Waals surface area (Å²) in [6.07, 6.45) is 3.72. The van der Waals surface area contributed by atoms with E-state index in [0.717, 1.165) is 18.0 Å². The monoisotopic (exact) mass is 287 g/mol. The Balaban J connectivity index is 1.82. The molecule has 0 aliphatic carbocycles. The van der Waals surface area contributed by atoms with E-state index in [1.807, 2.05) is 41.2 Å². The third-order valence-electron chi connectivity index (χ3n) is 2.99. The maximum atomic E-state index is 5.88. The zero-order valence-electron chi connectivity index (χ0n) is 12.4. The van der Waals surface area contributed by atoms with Gasteiger partial charge < -0.3 is 15.8 Å². The fourth-order valence-corrected chi connectivity index (χ4v) is 1.90. The molecule has 0 radical (unpaired) electrons. The Kier molecular flexibility index (Phi) is 5.20. The molecule has 2 rings (SSSR count). The van der Waals surface area contributed by atoms with Gasteiger partial charge in [0.15, 0.2) is 5.96 Å². The molecule has 3 N–H and O–H groups in total. The van der Waals surface area contributed by atoms with Crippen LogP contribution in [0.25, 0.3) is 0 Å². The second-order valence-electron chi connectivity index (χ2n) is 4.91. The van der Waals surface area contributed by atoms with Crippen molar-refractivity contribution in [1.29, 1.82) is 0 Å². The number of rotatable bonds is 6. The van der Waals surface area contributed by atoms with Gasteiger partial charge in [-0.05, 0) is 36.2 Å². The van der Waals surface area contributed by atoms with E-state index in [4.69, 9.17) is 10.5 Å². The first kappa shape index (κ1) is 14.9. The fraction of sp³-hybridized carbons (Fsp3) is 0.333. The van der Waals surface area contributed by atoms with Crippen LogP contribution in [0.3, 0.4) is 0 Å². The topological polar surface area (TPSA) is 77.5 Å². The number of nitrogens with two attached hydrogens (primary N) is 1. The summed E-state index contributed by atoms with van der Waals surface area (Å²) in [6.45, 7) is 3.59. The quantitative estimate of drug-likeness (QED) is 0.629. The van der Waals surface area contributed by atoms with Crippen molar-refractivity contribution in [2.24, 2.45) is 16.6 Å². The van der Waals surface area contributed by atoms with E-state index in [9.17, 15) is 0 Å². The first-order chi connectivity index (χ1) is 10.2. The Labute approximate surface area is 124 Å². The van der Waals surface area contributed by atoms with Gasteiger partial charge in [0.25, 0.3) is 0 Å². The highest BCUT2D eigenvalue weighted by molar-refractivity contribution is 5.92. The molecule has 0 saturated heterocycles. The van der Waals surface area contributed by atoms with Crippen molar-refractivity contribution in [3.05, 3.63) is 42.7 Å². The van der Waals surface area contributed by atoms with Gasteiger partial charge in [0.05, 0.1) is 7.11 Å². The van der Waals surface area contributed by atoms with E-state index in [1.165, 1.54) is 0 Å². The van der Waals surface area contributed by atoms with Crippen molar-refractivity contribution in [1.82, 2.24) is 9.78 Å². The van der Waals surface area contributed by atoms with Gasteiger partial charge >= 0.3 is 0 Å². The third-order valence-corrected chi connectivity index (χ3v) is 2.99. The van der Waals surface area contributed by atoms with Crippen LogP contribution < -0.4 is 15.8 Å². The molecule has 0 aliphatic heterocycles. The van der Waals surface area contributed by atoms with Crippen LogP contribution in [0.5, 0.6) is 5.75 Å². The van der Waals surface area contributed by atoms with Gasteiger partial charge in [-0.2, -0.15) is 5.10 Å². The number of aromatic nitrogens is 2. The van der Waals surface area contributed by atoms with Crippen molar-refractivity contribution in [3.63, 3.8) is 0 Å². The van der Waals surface area contributed by atoms with Gasteiger partial charge in [-0.25, -0.2) is 0 Å². The Morgan fingerprint density at radius 3 is 2.81 bits per heavy atom. The number of hydrogen-bond acceptors (Lipinski definition) is 3. The molecule has 21 heavy (non-hydrogen) atoms. The Morgan fingerprint density at radius 2 is 2.19 bits per heavy atom. The maximum Gasteiger partial charge on any atom is 0.193 e. The smallest absolute Gasteiger partial charge is 0.193 e. The Hall–Kier alpha value is -2.50. The summed E-state index contributed by atoms with van der Waals surface area (Å²) in [4.78, 5) is 4.35.